The average molecular weight is 813 g/mol. The summed E-state index contributed by atoms with van der Waals surface area (Å²) in [5.41, 5.74) is -4.16. The van der Waals surface area contributed by atoms with E-state index >= 15 is 0 Å². The number of urea groups is 1. The molecule has 0 aromatic rings. The van der Waals surface area contributed by atoms with Crippen LogP contribution in [0.2, 0.25) is 0 Å². The molecule has 0 aromatic heterocycles. The zero-order chi connectivity index (χ0) is 45.0. The van der Waals surface area contributed by atoms with Crippen LogP contribution in [0, 0.1) is 10.8 Å². The number of rotatable bonds is 17. The van der Waals surface area contributed by atoms with Gasteiger partial charge in [0, 0.05) is 31.3 Å². The molecule has 4 amide bonds. The molecular formula is C42H76N4O11. The summed E-state index contributed by atoms with van der Waals surface area (Å²) in [4.78, 5) is 91.1. The number of hydrogen-bond acceptors (Lipinski definition) is 11. The normalized spacial score (nSPS) is 14.8. The van der Waals surface area contributed by atoms with Gasteiger partial charge in [-0.15, -0.1) is 0 Å². The van der Waals surface area contributed by atoms with E-state index in [9.17, 15) is 33.6 Å². The van der Waals surface area contributed by atoms with Crippen molar-refractivity contribution in [2.45, 2.75) is 216 Å². The number of hydrogen-bond donors (Lipinski definition) is 4. The zero-order valence-electron chi connectivity index (χ0n) is 38.2. The molecule has 0 heterocycles. The van der Waals surface area contributed by atoms with E-state index in [0.717, 1.165) is 0 Å². The molecule has 57 heavy (non-hydrogen) atoms. The highest BCUT2D eigenvalue weighted by Gasteiger charge is 2.34. The lowest BCUT2D eigenvalue weighted by molar-refractivity contribution is -0.164. The smallest absolute Gasteiger partial charge is 0.407 e. The molecule has 0 radical (unpaired) electrons. The molecule has 0 aliphatic heterocycles. The number of carbonyl (C=O) groups excluding carboxylic acids is 7. The van der Waals surface area contributed by atoms with Gasteiger partial charge in [0.05, 0.1) is 6.42 Å². The maximum atomic E-state index is 13.3. The topological polar surface area (TPSA) is 205 Å². The van der Waals surface area contributed by atoms with E-state index < -0.39 is 99.8 Å². The predicted molar refractivity (Wildman–Crippen MR) is 218 cm³/mol. The summed E-state index contributed by atoms with van der Waals surface area (Å²) in [7, 11) is 0. The van der Waals surface area contributed by atoms with Crippen LogP contribution in [0.1, 0.15) is 170 Å². The SMILES string of the molecule is CC(C)(C)OC(=O)C[C@H](NC(=O)N[C@@H](CCC(=O)CC[C@H](NC(=O)CC[C@H](NC(=O)OC(C)(C)C)C(C)(C)C)C(=O)OC(C)(C)C)C(C)(C)C)C(=O)OC(C)(C)C. The molecule has 0 bridgehead atoms. The number of ketones is 1. The first kappa shape index (κ1) is 53.1. The second kappa shape index (κ2) is 21.2. The Morgan fingerprint density at radius 1 is 0.439 bits per heavy atom. The van der Waals surface area contributed by atoms with Gasteiger partial charge in [0.25, 0.3) is 0 Å². The molecule has 0 aliphatic rings. The molecule has 15 heteroatoms. The molecule has 0 spiro atoms. The third-order valence-electron chi connectivity index (χ3n) is 7.98. The minimum atomic E-state index is -1.33. The summed E-state index contributed by atoms with van der Waals surface area (Å²) in [5, 5.41) is 11.0. The third kappa shape index (κ3) is 25.9. The molecule has 0 rings (SSSR count). The van der Waals surface area contributed by atoms with Gasteiger partial charge in [-0.25, -0.2) is 19.2 Å². The van der Waals surface area contributed by atoms with Crippen LogP contribution < -0.4 is 21.3 Å². The summed E-state index contributed by atoms with van der Waals surface area (Å²) in [5.74, 6) is -2.83. The molecule has 0 fully saturated rings. The Morgan fingerprint density at radius 3 is 1.28 bits per heavy atom. The fourth-order valence-electron chi connectivity index (χ4n) is 5.27. The van der Waals surface area contributed by atoms with Crippen molar-refractivity contribution in [1.29, 1.82) is 0 Å². The van der Waals surface area contributed by atoms with Gasteiger partial charge < -0.3 is 40.2 Å². The summed E-state index contributed by atoms with van der Waals surface area (Å²) >= 11 is 0. The van der Waals surface area contributed by atoms with Gasteiger partial charge in [0.2, 0.25) is 5.91 Å². The molecule has 330 valence electrons. The summed E-state index contributed by atoms with van der Waals surface area (Å²) < 4.78 is 21.8. The van der Waals surface area contributed by atoms with Crippen molar-refractivity contribution in [2.75, 3.05) is 0 Å². The van der Waals surface area contributed by atoms with Crippen LogP contribution >= 0.6 is 0 Å². The lowest BCUT2D eigenvalue weighted by Gasteiger charge is -2.32. The van der Waals surface area contributed by atoms with Gasteiger partial charge in [-0.05, 0) is 113 Å². The molecule has 0 aromatic carbocycles. The molecule has 0 unspecified atom stereocenters. The number of Topliss-reactive ketones (excluding diaryl/α,β-unsaturated/α-hetero) is 1. The third-order valence-corrected chi connectivity index (χ3v) is 7.98. The van der Waals surface area contributed by atoms with Crippen LogP contribution in [0.15, 0.2) is 0 Å². The molecule has 0 saturated heterocycles. The van der Waals surface area contributed by atoms with E-state index in [4.69, 9.17) is 18.9 Å². The van der Waals surface area contributed by atoms with Crippen LogP contribution in [0.3, 0.4) is 0 Å². The first-order valence-corrected chi connectivity index (χ1v) is 19.9. The van der Waals surface area contributed by atoms with Crippen LogP contribution in [0.5, 0.6) is 0 Å². The van der Waals surface area contributed by atoms with Crippen molar-refractivity contribution in [3.8, 4) is 0 Å². The second-order valence-corrected chi connectivity index (χ2v) is 20.8. The monoisotopic (exact) mass is 813 g/mol. The summed E-state index contributed by atoms with van der Waals surface area (Å²) in [6, 6.07) is -4.14. The van der Waals surface area contributed by atoms with Crippen LogP contribution in [0.4, 0.5) is 9.59 Å². The fourth-order valence-corrected chi connectivity index (χ4v) is 5.27. The molecule has 4 atom stereocenters. The Morgan fingerprint density at radius 2 is 0.842 bits per heavy atom. The van der Waals surface area contributed by atoms with Gasteiger partial charge in [0.1, 0.15) is 40.3 Å². The van der Waals surface area contributed by atoms with E-state index in [2.05, 4.69) is 21.3 Å². The minimum Gasteiger partial charge on any atom is -0.460 e. The Kier molecular flexibility index (Phi) is 19.7. The first-order valence-electron chi connectivity index (χ1n) is 19.9. The van der Waals surface area contributed by atoms with Crippen molar-refractivity contribution in [3.05, 3.63) is 0 Å². The number of nitrogens with one attached hydrogen (secondary N) is 4. The Bertz CT molecular complexity index is 1380. The van der Waals surface area contributed by atoms with Crippen LogP contribution in [-0.4, -0.2) is 88.3 Å². The lowest BCUT2D eigenvalue weighted by atomic mass is 9.83. The highest BCUT2D eigenvalue weighted by Crippen LogP contribution is 2.25. The molecule has 15 nitrogen and oxygen atoms in total. The molecular weight excluding hydrogens is 736 g/mol. The number of carbonyl (C=O) groups is 7. The average Bonchev–Trinajstić information content (AvgIpc) is 2.94. The van der Waals surface area contributed by atoms with Crippen molar-refractivity contribution in [1.82, 2.24) is 21.3 Å². The predicted octanol–water partition coefficient (Wildman–Crippen LogP) is 6.82. The van der Waals surface area contributed by atoms with Gasteiger partial charge in [-0.3, -0.25) is 14.4 Å². The van der Waals surface area contributed by atoms with E-state index in [-0.39, 0.29) is 44.3 Å². The molecule has 0 aliphatic carbocycles. The van der Waals surface area contributed by atoms with E-state index in [1.165, 1.54) is 0 Å². The zero-order valence-corrected chi connectivity index (χ0v) is 38.2. The van der Waals surface area contributed by atoms with Crippen LogP contribution in [0.25, 0.3) is 0 Å². The first-order chi connectivity index (χ1) is 25.4. The van der Waals surface area contributed by atoms with E-state index in [0.29, 0.717) is 0 Å². The van der Waals surface area contributed by atoms with Crippen molar-refractivity contribution in [3.63, 3.8) is 0 Å². The highest BCUT2D eigenvalue weighted by atomic mass is 16.6. The number of ether oxygens (including phenoxy) is 4. The van der Waals surface area contributed by atoms with Gasteiger partial charge in [-0.1, -0.05) is 41.5 Å². The number of amides is 4. The van der Waals surface area contributed by atoms with Crippen LogP contribution in [-0.2, 0) is 42.9 Å². The number of esters is 3. The van der Waals surface area contributed by atoms with Crippen molar-refractivity contribution >= 4 is 41.7 Å². The minimum absolute atomic E-state index is 0.0153. The van der Waals surface area contributed by atoms with Crippen molar-refractivity contribution in [2.24, 2.45) is 10.8 Å². The Hall–Kier alpha value is -3.91. The standard InChI is InChI=1S/C42H76N4O11/c1-37(2,3)29(45-35(52)44-28(34(51)56-41(13,14)15)25-32(49)54-39(7,8)9)22-20-26(47)19-21-27(33(50)55-40(10,11)12)43-31(48)24-23-30(38(4,5)6)46-36(53)57-42(16,17)18/h27-30H,19-25H2,1-18H3,(H,43,48)(H,46,53)(H2,44,45,52)/t27-,28-,29-,30-/m0/s1. The van der Waals surface area contributed by atoms with E-state index in [1.54, 1.807) is 83.1 Å². The van der Waals surface area contributed by atoms with Gasteiger partial charge >= 0.3 is 30.0 Å². The molecule has 4 N–H and O–H groups in total. The quantitative estimate of drug-likeness (QED) is 0.0886. The molecule has 0 saturated carbocycles. The van der Waals surface area contributed by atoms with Crippen molar-refractivity contribution < 1.29 is 52.5 Å². The van der Waals surface area contributed by atoms with E-state index in [1.807, 2.05) is 41.5 Å². The second-order valence-electron chi connectivity index (χ2n) is 20.8. The maximum absolute atomic E-state index is 13.3. The van der Waals surface area contributed by atoms with Gasteiger partial charge in [-0.2, -0.15) is 0 Å². The number of alkyl carbamates (subject to hydrolysis) is 1. The highest BCUT2D eigenvalue weighted by molar-refractivity contribution is 5.88. The Labute approximate surface area is 341 Å². The largest absolute Gasteiger partial charge is 0.460 e. The summed E-state index contributed by atoms with van der Waals surface area (Å²) in [6.45, 7) is 31.9. The fraction of sp³-hybridized carbons (Fsp3) is 0.833. The Balaban J connectivity index is 5.76. The maximum Gasteiger partial charge on any atom is 0.407 e. The summed E-state index contributed by atoms with van der Waals surface area (Å²) in [6.07, 6.45) is -0.617. The lowest BCUT2D eigenvalue weighted by Crippen LogP contribution is -2.53. The van der Waals surface area contributed by atoms with Gasteiger partial charge in [0.15, 0.2) is 0 Å².